The molecular weight excluding hydrogens is 195 g/mol. The third-order valence-corrected chi connectivity index (χ3v) is 5.10. The van der Waals surface area contributed by atoms with Crippen LogP contribution in [0.15, 0.2) is 0 Å². The second kappa shape index (κ2) is 3.13. The van der Waals surface area contributed by atoms with Crippen molar-refractivity contribution in [3.8, 4) is 0 Å². The SMILES string of the molecule is CC1(C)CCCC(C)(C[AsH2])C1. The van der Waals surface area contributed by atoms with Crippen molar-refractivity contribution in [2.45, 2.75) is 51.7 Å². The van der Waals surface area contributed by atoms with Gasteiger partial charge in [0.25, 0.3) is 0 Å². The van der Waals surface area contributed by atoms with E-state index in [1.54, 1.807) is 0 Å². The molecule has 0 aliphatic heterocycles. The summed E-state index contributed by atoms with van der Waals surface area (Å²) >= 11 is 1.91. The number of hydrogen-bond acceptors (Lipinski definition) is 0. The first-order valence-corrected chi connectivity index (χ1v) is 6.39. The molecule has 0 amide bonds. The van der Waals surface area contributed by atoms with Crippen LogP contribution in [0.25, 0.3) is 0 Å². The molecule has 0 N–H and O–H groups in total. The van der Waals surface area contributed by atoms with Crippen LogP contribution in [0.2, 0.25) is 5.21 Å². The first kappa shape index (κ1) is 9.64. The van der Waals surface area contributed by atoms with Gasteiger partial charge in [-0.1, -0.05) is 0 Å². The zero-order valence-corrected chi connectivity index (χ0v) is 10.5. The molecule has 0 nitrogen and oxygen atoms in total. The fraction of sp³-hybridized carbons (Fsp3) is 1.00. The van der Waals surface area contributed by atoms with Crippen LogP contribution in [0.3, 0.4) is 0 Å². The van der Waals surface area contributed by atoms with Crippen LogP contribution >= 0.6 is 0 Å². The summed E-state index contributed by atoms with van der Waals surface area (Å²) in [4.78, 5) is 0. The third kappa shape index (κ3) is 2.51. The molecule has 11 heavy (non-hydrogen) atoms. The standard InChI is InChI=1S/C10H21As/c1-9(2)5-4-6-10(3,7-9)8-11/h4-8,11H2,1-3H3. The normalized spacial score (nSPS) is 37.1. The maximum absolute atomic E-state index is 2.47. The van der Waals surface area contributed by atoms with Gasteiger partial charge in [0.1, 0.15) is 0 Å². The predicted molar refractivity (Wildman–Crippen MR) is 53.7 cm³/mol. The van der Waals surface area contributed by atoms with Gasteiger partial charge in [-0.25, -0.2) is 0 Å². The average Bonchev–Trinajstić information content (AvgIpc) is 1.85. The van der Waals surface area contributed by atoms with Gasteiger partial charge in [-0.2, -0.15) is 0 Å². The van der Waals surface area contributed by atoms with Gasteiger partial charge in [0.15, 0.2) is 0 Å². The zero-order chi connectivity index (χ0) is 8.54. The first-order chi connectivity index (χ1) is 4.97. The Morgan fingerprint density at radius 2 is 1.82 bits per heavy atom. The number of rotatable bonds is 1. The van der Waals surface area contributed by atoms with Crippen molar-refractivity contribution in [1.29, 1.82) is 0 Å². The van der Waals surface area contributed by atoms with Crippen LogP contribution in [0.5, 0.6) is 0 Å². The fourth-order valence-electron chi connectivity index (χ4n) is 2.50. The zero-order valence-electron chi connectivity index (χ0n) is 8.11. The molecule has 0 saturated heterocycles. The Morgan fingerprint density at radius 3 is 2.18 bits per heavy atom. The maximum atomic E-state index is 2.47. The Bertz CT molecular complexity index is 140. The molecule has 0 radical (unpaired) electrons. The van der Waals surface area contributed by atoms with Crippen LogP contribution in [0, 0.1) is 10.8 Å². The molecule has 2 unspecified atom stereocenters. The molecule has 2 atom stereocenters. The molecule has 0 spiro atoms. The summed E-state index contributed by atoms with van der Waals surface area (Å²) < 4.78 is 0. The second-order valence-corrected chi connectivity index (χ2v) is 6.07. The molecule has 1 saturated carbocycles. The van der Waals surface area contributed by atoms with Crippen molar-refractivity contribution in [2.75, 3.05) is 0 Å². The predicted octanol–water partition coefficient (Wildman–Crippen LogP) is 2.64. The molecule has 1 aliphatic carbocycles. The van der Waals surface area contributed by atoms with E-state index in [1.807, 2.05) is 16.9 Å². The van der Waals surface area contributed by atoms with E-state index in [0.717, 1.165) is 0 Å². The summed E-state index contributed by atoms with van der Waals surface area (Å²) in [6.07, 6.45) is 5.80. The molecule has 0 heterocycles. The van der Waals surface area contributed by atoms with Gasteiger partial charge >= 0.3 is 79.3 Å². The number of hydrogen-bond donors (Lipinski definition) is 0. The Hall–Kier alpha value is 0.558. The van der Waals surface area contributed by atoms with E-state index >= 15 is 0 Å². The monoisotopic (exact) mass is 216 g/mol. The molecule has 1 heteroatoms. The fourth-order valence-corrected chi connectivity index (χ4v) is 3.23. The first-order valence-electron chi connectivity index (χ1n) is 4.68. The summed E-state index contributed by atoms with van der Waals surface area (Å²) in [5, 5.41) is 1.42. The molecule has 0 bridgehead atoms. The van der Waals surface area contributed by atoms with Gasteiger partial charge in [-0.15, -0.1) is 0 Å². The molecule has 1 fully saturated rings. The average molecular weight is 216 g/mol. The van der Waals surface area contributed by atoms with Gasteiger partial charge in [-0.05, 0) is 0 Å². The summed E-state index contributed by atoms with van der Waals surface area (Å²) in [5.74, 6) is 0. The summed E-state index contributed by atoms with van der Waals surface area (Å²) in [7, 11) is 0. The van der Waals surface area contributed by atoms with Crippen LogP contribution in [0.1, 0.15) is 46.5 Å². The quantitative estimate of drug-likeness (QED) is 0.591. The Labute approximate surface area is 79.6 Å². The Balaban J connectivity index is 2.59. The van der Waals surface area contributed by atoms with Crippen LogP contribution in [-0.2, 0) is 0 Å². The van der Waals surface area contributed by atoms with E-state index in [2.05, 4.69) is 20.8 Å². The van der Waals surface area contributed by atoms with E-state index in [1.165, 1.54) is 30.9 Å². The minimum atomic E-state index is 0.624. The van der Waals surface area contributed by atoms with E-state index in [-0.39, 0.29) is 0 Å². The van der Waals surface area contributed by atoms with Gasteiger partial charge in [0, 0.05) is 0 Å². The van der Waals surface area contributed by atoms with E-state index < -0.39 is 0 Å². The molecule has 0 aromatic heterocycles. The van der Waals surface area contributed by atoms with Gasteiger partial charge < -0.3 is 0 Å². The molecule has 66 valence electrons. The molecule has 1 rings (SSSR count). The van der Waals surface area contributed by atoms with Crippen LogP contribution < -0.4 is 0 Å². The van der Waals surface area contributed by atoms with Crippen LogP contribution in [0.4, 0.5) is 0 Å². The van der Waals surface area contributed by atoms with E-state index in [9.17, 15) is 0 Å². The molecule has 1 aliphatic rings. The minimum absolute atomic E-state index is 0.624. The molecule has 0 aromatic rings. The second-order valence-electron chi connectivity index (χ2n) is 5.21. The Morgan fingerprint density at radius 1 is 1.18 bits per heavy atom. The van der Waals surface area contributed by atoms with Gasteiger partial charge in [0.2, 0.25) is 0 Å². The summed E-state index contributed by atoms with van der Waals surface area (Å²) in [6, 6.07) is 0. The summed E-state index contributed by atoms with van der Waals surface area (Å²) in [6.45, 7) is 7.32. The third-order valence-electron chi connectivity index (χ3n) is 3.03. The van der Waals surface area contributed by atoms with Crippen LogP contribution in [-0.4, -0.2) is 16.9 Å². The van der Waals surface area contributed by atoms with Gasteiger partial charge in [0.05, 0.1) is 0 Å². The van der Waals surface area contributed by atoms with Crippen molar-refractivity contribution in [3.63, 3.8) is 0 Å². The van der Waals surface area contributed by atoms with Crippen molar-refractivity contribution >= 4 is 16.9 Å². The van der Waals surface area contributed by atoms with Gasteiger partial charge in [-0.3, -0.25) is 0 Å². The topological polar surface area (TPSA) is 0 Å². The van der Waals surface area contributed by atoms with E-state index in [0.29, 0.717) is 10.8 Å². The van der Waals surface area contributed by atoms with Crippen molar-refractivity contribution in [1.82, 2.24) is 0 Å². The van der Waals surface area contributed by atoms with E-state index in [4.69, 9.17) is 0 Å². The molecule has 0 aromatic carbocycles. The Kier molecular flexibility index (Phi) is 2.74. The van der Waals surface area contributed by atoms with Crippen molar-refractivity contribution in [2.24, 2.45) is 10.8 Å². The molecular formula is C10H21As. The van der Waals surface area contributed by atoms with Crippen molar-refractivity contribution in [3.05, 3.63) is 0 Å². The van der Waals surface area contributed by atoms with Crippen molar-refractivity contribution < 1.29 is 0 Å². The summed E-state index contributed by atoms with van der Waals surface area (Å²) in [5.41, 5.74) is 1.31.